The lowest BCUT2D eigenvalue weighted by atomic mass is 10.4. The predicted molar refractivity (Wildman–Crippen MR) is 66.4 cm³/mol. The van der Waals surface area contributed by atoms with Gasteiger partial charge in [-0.1, -0.05) is 6.07 Å². The topological polar surface area (TPSA) is 50.0 Å². The quantitative estimate of drug-likeness (QED) is 0.752. The SMILES string of the molecule is CN(CCOCCO)c1cccc2nccn12. The van der Waals surface area contributed by atoms with Gasteiger partial charge >= 0.3 is 0 Å². The van der Waals surface area contributed by atoms with Crippen molar-refractivity contribution in [1.82, 2.24) is 9.38 Å². The van der Waals surface area contributed by atoms with Crippen LogP contribution in [0.2, 0.25) is 0 Å². The lowest BCUT2D eigenvalue weighted by Gasteiger charge is -2.20. The van der Waals surface area contributed by atoms with Crippen molar-refractivity contribution in [3.8, 4) is 0 Å². The molecule has 0 aliphatic carbocycles. The molecule has 0 radical (unpaired) electrons. The first-order valence-electron chi connectivity index (χ1n) is 5.65. The Morgan fingerprint density at radius 2 is 2.29 bits per heavy atom. The number of ether oxygens (including phenoxy) is 1. The molecule has 0 saturated carbocycles. The second-order valence-electron chi connectivity index (χ2n) is 3.80. The lowest BCUT2D eigenvalue weighted by molar-refractivity contribution is 0.0970. The molecule has 92 valence electrons. The zero-order valence-corrected chi connectivity index (χ0v) is 9.91. The molecular weight excluding hydrogens is 218 g/mol. The van der Waals surface area contributed by atoms with Gasteiger partial charge in [0, 0.05) is 26.0 Å². The van der Waals surface area contributed by atoms with Crippen LogP contribution in [0.15, 0.2) is 30.6 Å². The maximum Gasteiger partial charge on any atom is 0.138 e. The van der Waals surface area contributed by atoms with E-state index in [2.05, 4.69) is 9.88 Å². The Balaban J connectivity index is 2.03. The van der Waals surface area contributed by atoms with E-state index in [9.17, 15) is 0 Å². The smallest absolute Gasteiger partial charge is 0.138 e. The zero-order chi connectivity index (χ0) is 12.1. The minimum absolute atomic E-state index is 0.0703. The number of nitrogens with zero attached hydrogens (tertiary/aromatic N) is 3. The molecule has 2 aromatic heterocycles. The van der Waals surface area contributed by atoms with Crippen molar-refractivity contribution < 1.29 is 9.84 Å². The van der Waals surface area contributed by atoms with E-state index in [1.54, 1.807) is 6.20 Å². The van der Waals surface area contributed by atoms with Gasteiger partial charge in [0.25, 0.3) is 0 Å². The maximum absolute atomic E-state index is 8.61. The average molecular weight is 235 g/mol. The molecule has 5 heteroatoms. The summed E-state index contributed by atoms with van der Waals surface area (Å²) in [6.45, 7) is 1.84. The molecule has 17 heavy (non-hydrogen) atoms. The summed E-state index contributed by atoms with van der Waals surface area (Å²) >= 11 is 0. The summed E-state index contributed by atoms with van der Waals surface area (Å²) in [6.07, 6.45) is 3.73. The van der Waals surface area contributed by atoms with Crippen LogP contribution in [0, 0.1) is 0 Å². The number of aliphatic hydroxyl groups is 1. The van der Waals surface area contributed by atoms with Crippen molar-refractivity contribution in [2.75, 3.05) is 38.3 Å². The summed E-state index contributed by atoms with van der Waals surface area (Å²) in [5.74, 6) is 1.08. The number of imidazole rings is 1. The van der Waals surface area contributed by atoms with Gasteiger partial charge in [0.2, 0.25) is 0 Å². The van der Waals surface area contributed by atoms with E-state index in [4.69, 9.17) is 9.84 Å². The standard InChI is InChI=1S/C12H17N3O2/c1-14(7-9-17-10-8-16)12-4-2-3-11-13-5-6-15(11)12/h2-6,16H,7-10H2,1H3. The van der Waals surface area contributed by atoms with Gasteiger partial charge in [0.05, 0.1) is 19.8 Å². The van der Waals surface area contributed by atoms with Crippen LogP contribution < -0.4 is 4.90 Å². The number of aromatic nitrogens is 2. The minimum Gasteiger partial charge on any atom is -0.394 e. The van der Waals surface area contributed by atoms with Gasteiger partial charge in [-0.2, -0.15) is 0 Å². The third kappa shape index (κ3) is 2.75. The summed E-state index contributed by atoms with van der Waals surface area (Å²) in [4.78, 5) is 6.35. The molecule has 2 aromatic rings. The molecule has 0 atom stereocenters. The second kappa shape index (κ2) is 5.65. The van der Waals surface area contributed by atoms with E-state index in [0.29, 0.717) is 13.2 Å². The van der Waals surface area contributed by atoms with Crippen molar-refractivity contribution in [2.45, 2.75) is 0 Å². The number of likely N-dealkylation sites (N-methyl/N-ethyl adjacent to an activating group) is 1. The molecule has 0 fully saturated rings. The van der Waals surface area contributed by atoms with E-state index in [-0.39, 0.29) is 6.61 Å². The highest BCUT2D eigenvalue weighted by atomic mass is 16.5. The van der Waals surface area contributed by atoms with Crippen LogP contribution in [0.3, 0.4) is 0 Å². The van der Waals surface area contributed by atoms with Gasteiger partial charge in [0.15, 0.2) is 0 Å². The van der Waals surface area contributed by atoms with Crippen LogP contribution in [0.1, 0.15) is 0 Å². The molecule has 0 aromatic carbocycles. The summed E-state index contributed by atoms with van der Waals surface area (Å²) in [7, 11) is 2.01. The molecule has 0 spiro atoms. The Bertz CT molecular complexity index is 469. The fourth-order valence-electron chi connectivity index (χ4n) is 1.73. The van der Waals surface area contributed by atoms with Crippen LogP contribution in [0.5, 0.6) is 0 Å². The molecule has 0 unspecified atom stereocenters. The first-order chi connectivity index (χ1) is 8.33. The molecule has 2 heterocycles. The Kier molecular flexibility index (Phi) is 3.95. The van der Waals surface area contributed by atoms with Gasteiger partial charge in [-0.15, -0.1) is 0 Å². The molecule has 0 saturated heterocycles. The van der Waals surface area contributed by atoms with Crippen LogP contribution in [0.4, 0.5) is 5.82 Å². The third-order valence-electron chi connectivity index (χ3n) is 2.60. The van der Waals surface area contributed by atoms with Crippen molar-refractivity contribution >= 4 is 11.5 Å². The fraction of sp³-hybridized carbons (Fsp3) is 0.417. The average Bonchev–Trinajstić information content (AvgIpc) is 2.82. The molecule has 0 aliphatic rings. The van der Waals surface area contributed by atoms with E-state index in [1.807, 2.05) is 35.8 Å². The number of hydrogen-bond acceptors (Lipinski definition) is 4. The van der Waals surface area contributed by atoms with Crippen molar-refractivity contribution in [3.05, 3.63) is 30.6 Å². The first kappa shape index (κ1) is 11.9. The number of pyridine rings is 1. The molecule has 0 aliphatic heterocycles. The monoisotopic (exact) mass is 235 g/mol. The van der Waals surface area contributed by atoms with Crippen molar-refractivity contribution in [2.24, 2.45) is 0 Å². The summed E-state index contributed by atoms with van der Waals surface area (Å²) in [6, 6.07) is 6.00. The summed E-state index contributed by atoms with van der Waals surface area (Å²) in [5, 5.41) is 8.61. The van der Waals surface area contributed by atoms with Crippen LogP contribution >= 0.6 is 0 Å². The molecule has 1 N–H and O–H groups in total. The van der Waals surface area contributed by atoms with Gasteiger partial charge in [-0.25, -0.2) is 4.98 Å². The highest BCUT2D eigenvalue weighted by molar-refractivity contribution is 5.50. The third-order valence-corrected chi connectivity index (χ3v) is 2.60. The Labute approximate surface area is 100 Å². The highest BCUT2D eigenvalue weighted by Crippen LogP contribution is 2.14. The van der Waals surface area contributed by atoms with Gasteiger partial charge in [-0.3, -0.25) is 4.40 Å². The predicted octanol–water partition coefficient (Wildman–Crippen LogP) is 0.779. The maximum atomic E-state index is 8.61. The largest absolute Gasteiger partial charge is 0.394 e. The highest BCUT2D eigenvalue weighted by Gasteiger charge is 2.05. The van der Waals surface area contributed by atoms with E-state index in [1.165, 1.54) is 0 Å². The van der Waals surface area contributed by atoms with E-state index in [0.717, 1.165) is 18.0 Å². The van der Waals surface area contributed by atoms with Gasteiger partial charge < -0.3 is 14.7 Å². The first-order valence-corrected chi connectivity index (χ1v) is 5.65. The fourth-order valence-corrected chi connectivity index (χ4v) is 1.73. The molecule has 5 nitrogen and oxygen atoms in total. The molecule has 0 bridgehead atoms. The van der Waals surface area contributed by atoms with Crippen molar-refractivity contribution in [3.63, 3.8) is 0 Å². The number of hydrogen-bond donors (Lipinski definition) is 1. The number of rotatable bonds is 6. The number of fused-ring (bicyclic) bond motifs is 1. The molecule has 2 rings (SSSR count). The number of anilines is 1. The van der Waals surface area contributed by atoms with Crippen LogP contribution in [-0.4, -0.2) is 47.9 Å². The normalized spacial score (nSPS) is 10.9. The number of aliphatic hydroxyl groups excluding tert-OH is 1. The van der Waals surface area contributed by atoms with Crippen LogP contribution in [0.25, 0.3) is 5.65 Å². The Morgan fingerprint density at radius 1 is 1.41 bits per heavy atom. The van der Waals surface area contributed by atoms with E-state index >= 15 is 0 Å². The minimum atomic E-state index is 0.0703. The van der Waals surface area contributed by atoms with Crippen LogP contribution in [-0.2, 0) is 4.74 Å². The van der Waals surface area contributed by atoms with E-state index < -0.39 is 0 Å². The van der Waals surface area contributed by atoms with Gasteiger partial charge in [0.1, 0.15) is 11.5 Å². The lowest BCUT2D eigenvalue weighted by Crippen LogP contribution is -2.24. The molecule has 0 amide bonds. The van der Waals surface area contributed by atoms with Gasteiger partial charge in [-0.05, 0) is 12.1 Å². The summed E-state index contributed by atoms with van der Waals surface area (Å²) in [5.41, 5.74) is 0.936. The zero-order valence-electron chi connectivity index (χ0n) is 9.91. The van der Waals surface area contributed by atoms with Crippen molar-refractivity contribution in [1.29, 1.82) is 0 Å². The Morgan fingerprint density at radius 3 is 3.12 bits per heavy atom. The second-order valence-corrected chi connectivity index (χ2v) is 3.80. The molecular formula is C12H17N3O2. The Hall–Kier alpha value is -1.59. The summed E-state index contributed by atoms with van der Waals surface area (Å²) < 4.78 is 7.29.